The minimum absolute atomic E-state index is 0.0539. The van der Waals surface area contributed by atoms with E-state index in [4.69, 9.17) is 9.47 Å². The summed E-state index contributed by atoms with van der Waals surface area (Å²) in [6.07, 6.45) is 2.12. The van der Waals surface area contributed by atoms with E-state index in [1.807, 2.05) is 52.0 Å². The minimum atomic E-state index is -0.0539. The zero-order chi connectivity index (χ0) is 18.9. The van der Waals surface area contributed by atoms with E-state index in [2.05, 4.69) is 17.4 Å². The standard InChI is InChI=1S/C22H29NO3/c1-16(2)25-20-11-7-18(8-12-20)6-5-15-23-22(24)19-9-13-21(14-10-19)26-17(3)4/h7-14,16-17H,5-6,15H2,1-4H3,(H,23,24). The van der Waals surface area contributed by atoms with E-state index in [0.29, 0.717) is 12.1 Å². The van der Waals surface area contributed by atoms with Crippen molar-refractivity contribution in [2.45, 2.75) is 52.7 Å². The van der Waals surface area contributed by atoms with Gasteiger partial charge < -0.3 is 14.8 Å². The fourth-order valence-corrected chi connectivity index (χ4v) is 2.56. The van der Waals surface area contributed by atoms with Gasteiger partial charge in [0.15, 0.2) is 0 Å². The molecule has 1 N–H and O–H groups in total. The van der Waals surface area contributed by atoms with Crippen LogP contribution in [0.3, 0.4) is 0 Å². The lowest BCUT2D eigenvalue weighted by molar-refractivity contribution is 0.0953. The van der Waals surface area contributed by atoms with E-state index in [-0.39, 0.29) is 18.1 Å². The molecular weight excluding hydrogens is 326 g/mol. The summed E-state index contributed by atoms with van der Waals surface area (Å²) in [7, 11) is 0. The molecule has 0 bridgehead atoms. The smallest absolute Gasteiger partial charge is 0.251 e. The van der Waals surface area contributed by atoms with Crippen molar-refractivity contribution in [3.05, 3.63) is 59.7 Å². The normalized spacial score (nSPS) is 10.8. The van der Waals surface area contributed by atoms with E-state index in [1.54, 1.807) is 12.1 Å². The molecule has 0 fully saturated rings. The highest BCUT2D eigenvalue weighted by Gasteiger charge is 2.06. The molecule has 0 heterocycles. The maximum Gasteiger partial charge on any atom is 0.251 e. The number of benzene rings is 2. The predicted molar refractivity (Wildman–Crippen MR) is 105 cm³/mol. The van der Waals surface area contributed by atoms with Gasteiger partial charge in [-0.15, -0.1) is 0 Å². The van der Waals surface area contributed by atoms with Gasteiger partial charge in [0.1, 0.15) is 11.5 Å². The molecule has 26 heavy (non-hydrogen) atoms. The van der Waals surface area contributed by atoms with Crippen LogP contribution in [-0.2, 0) is 6.42 Å². The van der Waals surface area contributed by atoms with Crippen LogP contribution in [0.1, 0.15) is 50.0 Å². The molecule has 0 aromatic heterocycles. The molecule has 0 atom stereocenters. The number of nitrogens with one attached hydrogen (secondary N) is 1. The van der Waals surface area contributed by atoms with E-state index < -0.39 is 0 Å². The summed E-state index contributed by atoms with van der Waals surface area (Å²) in [5.74, 6) is 1.62. The molecule has 0 aliphatic heterocycles. The maximum atomic E-state index is 12.2. The van der Waals surface area contributed by atoms with Crippen LogP contribution in [0.5, 0.6) is 11.5 Å². The fourth-order valence-electron chi connectivity index (χ4n) is 2.56. The topological polar surface area (TPSA) is 47.6 Å². The number of rotatable bonds is 9. The zero-order valence-corrected chi connectivity index (χ0v) is 16.1. The van der Waals surface area contributed by atoms with Crippen LogP contribution in [0.4, 0.5) is 0 Å². The minimum Gasteiger partial charge on any atom is -0.491 e. The molecule has 0 saturated heterocycles. The molecule has 1 amide bonds. The molecule has 2 rings (SSSR count). The molecule has 0 radical (unpaired) electrons. The third-order valence-corrected chi connectivity index (χ3v) is 3.71. The molecule has 2 aromatic carbocycles. The first-order valence-corrected chi connectivity index (χ1v) is 9.24. The molecule has 0 aliphatic rings. The Bertz CT molecular complexity index is 676. The highest BCUT2D eigenvalue weighted by atomic mass is 16.5. The van der Waals surface area contributed by atoms with Crippen LogP contribution < -0.4 is 14.8 Å². The Morgan fingerprint density at radius 2 is 1.35 bits per heavy atom. The lowest BCUT2D eigenvalue weighted by atomic mass is 10.1. The molecule has 0 aliphatic carbocycles. The lowest BCUT2D eigenvalue weighted by Crippen LogP contribution is -2.24. The zero-order valence-electron chi connectivity index (χ0n) is 16.1. The first kappa shape index (κ1) is 19.8. The van der Waals surface area contributed by atoms with Gasteiger partial charge in [-0.25, -0.2) is 0 Å². The second-order valence-electron chi connectivity index (χ2n) is 6.86. The summed E-state index contributed by atoms with van der Waals surface area (Å²) in [6.45, 7) is 8.63. The highest BCUT2D eigenvalue weighted by Crippen LogP contribution is 2.15. The number of aryl methyl sites for hydroxylation is 1. The Morgan fingerprint density at radius 1 is 0.846 bits per heavy atom. The fraction of sp³-hybridized carbons (Fsp3) is 0.409. The van der Waals surface area contributed by atoms with Gasteiger partial charge in [-0.05, 0) is 82.5 Å². The second kappa shape index (κ2) is 9.85. The number of carbonyl (C=O) groups is 1. The largest absolute Gasteiger partial charge is 0.491 e. The Labute approximate surface area is 156 Å². The van der Waals surface area contributed by atoms with Crippen LogP contribution in [0.25, 0.3) is 0 Å². The molecule has 140 valence electrons. The Kier molecular flexibility index (Phi) is 7.52. The van der Waals surface area contributed by atoms with E-state index in [0.717, 1.165) is 24.3 Å². The predicted octanol–water partition coefficient (Wildman–Crippen LogP) is 4.62. The van der Waals surface area contributed by atoms with Gasteiger partial charge in [0.25, 0.3) is 5.91 Å². The van der Waals surface area contributed by atoms with Crippen molar-refractivity contribution in [3.63, 3.8) is 0 Å². The summed E-state index contributed by atoms with van der Waals surface area (Å²) in [6, 6.07) is 15.4. The van der Waals surface area contributed by atoms with Gasteiger partial charge in [-0.2, -0.15) is 0 Å². The van der Waals surface area contributed by atoms with Gasteiger partial charge in [0.2, 0.25) is 0 Å². The number of hydrogen-bond donors (Lipinski definition) is 1. The van der Waals surface area contributed by atoms with Crippen molar-refractivity contribution in [2.24, 2.45) is 0 Å². The van der Waals surface area contributed by atoms with Gasteiger partial charge in [-0.3, -0.25) is 4.79 Å². The van der Waals surface area contributed by atoms with Gasteiger partial charge in [0, 0.05) is 12.1 Å². The number of amides is 1. The van der Waals surface area contributed by atoms with Crippen molar-refractivity contribution in [3.8, 4) is 11.5 Å². The van der Waals surface area contributed by atoms with Crippen LogP contribution in [-0.4, -0.2) is 24.7 Å². The summed E-state index contributed by atoms with van der Waals surface area (Å²) in [5, 5.41) is 2.96. The molecule has 2 aromatic rings. The monoisotopic (exact) mass is 355 g/mol. The van der Waals surface area contributed by atoms with Crippen LogP contribution in [0.15, 0.2) is 48.5 Å². The van der Waals surface area contributed by atoms with Gasteiger partial charge >= 0.3 is 0 Å². The van der Waals surface area contributed by atoms with Crippen LogP contribution in [0.2, 0.25) is 0 Å². The quantitative estimate of drug-likeness (QED) is 0.668. The Balaban J connectivity index is 1.72. The molecule has 0 saturated carbocycles. The number of ether oxygens (including phenoxy) is 2. The summed E-state index contributed by atoms with van der Waals surface area (Å²) in [4.78, 5) is 12.2. The molecule has 4 heteroatoms. The van der Waals surface area contributed by atoms with Crippen molar-refractivity contribution < 1.29 is 14.3 Å². The third-order valence-electron chi connectivity index (χ3n) is 3.71. The Morgan fingerprint density at radius 3 is 1.85 bits per heavy atom. The Hall–Kier alpha value is -2.49. The summed E-state index contributed by atoms with van der Waals surface area (Å²) >= 11 is 0. The highest BCUT2D eigenvalue weighted by molar-refractivity contribution is 5.94. The van der Waals surface area contributed by atoms with E-state index in [1.165, 1.54) is 5.56 Å². The maximum absolute atomic E-state index is 12.2. The molecule has 0 unspecified atom stereocenters. The van der Waals surface area contributed by atoms with Crippen molar-refractivity contribution in [2.75, 3.05) is 6.54 Å². The number of carbonyl (C=O) groups excluding carboxylic acids is 1. The SMILES string of the molecule is CC(C)Oc1ccc(CCCNC(=O)c2ccc(OC(C)C)cc2)cc1. The van der Waals surface area contributed by atoms with Gasteiger partial charge in [-0.1, -0.05) is 12.1 Å². The second-order valence-corrected chi connectivity index (χ2v) is 6.86. The van der Waals surface area contributed by atoms with Crippen molar-refractivity contribution in [1.29, 1.82) is 0 Å². The summed E-state index contributed by atoms with van der Waals surface area (Å²) in [5.41, 5.74) is 1.89. The lowest BCUT2D eigenvalue weighted by Gasteiger charge is -2.11. The van der Waals surface area contributed by atoms with Gasteiger partial charge in [0.05, 0.1) is 12.2 Å². The van der Waals surface area contributed by atoms with E-state index in [9.17, 15) is 4.79 Å². The average molecular weight is 355 g/mol. The van der Waals surface area contributed by atoms with Crippen LogP contribution in [0, 0.1) is 0 Å². The first-order valence-electron chi connectivity index (χ1n) is 9.24. The first-order chi connectivity index (χ1) is 12.4. The molecular formula is C22H29NO3. The van der Waals surface area contributed by atoms with E-state index >= 15 is 0 Å². The van der Waals surface area contributed by atoms with Crippen molar-refractivity contribution in [1.82, 2.24) is 5.32 Å². The number of hydrogen-bond acceptors (Lipinski definition) is 3. The third kappa shape index (κ3) is 6.79. The molecule has 0 spiro atoms. The average Bonchev–Trinajstić information content (AvgIpc) is 2.59. The molecule has 4 nitrogen and oxygen atoms in total. The van der Waals surface area contributed by atoms with Crippen molar-refractivity contribution >= 4 is 5.91 Å². The van der Waals surface area contributed by atoms with Crippen LogP contribution >= 0.6 is 0 Å². The summed E-state index contributed by atoms with van der Waals surface area (Å²) < 4.78 is 11.2.